The summed E-state index contributed by atoms with van der Waals surface area (Å²) < 4.78 is 4.85. The molecule has 0 saturated heterocycles. The summed E-state index contributed by atoms with van der Waals surface area (Å²) in [4.78, 5) is 11.2. The molecular formula is C10H21NO3. The fourth-order valence-electron chi connectivity index (χ4n) is 1.34. The highest BCUT2D eigenvalue weighted by Crippen LogP contribution is 1.99. The highest BCUT2D eigenvalue weighted by molar-refractivity contribution is 5.75. The second-order valence-electron chi connectivity index (χ2n) is 3.63. The number of carbonyl (C=O) groups excluding carboxylic acids is 1. The molecule has 0 heterocycles. The summed E-state index contributed by atoms with van der Waals surface area (Å²) in [5.74, 6) is -0.245. The molecule has 0 radical (unpaired) electrons. The molecule has 3 unspecified atom stereocenters. The molecule has 0 aliphatic heterocycles. The van der Waals surface area contributed by atoms with Crippen LogP contribution in [0, 0.1) is 0 Å². The van der Waals surface area contributed by atoms with Gasteiger partial charge in [-0.25, -0.2) is 0 Å². The van der Waals surface area contributed by atoms with E-state index in [2.05, 4.69) is 5.32 Å². The van der Waals surface area contributed by atoms with Gasteiger partial charge in [-0.05, 0) is 34.1 Å². The van der Waals surface area contributed by atoms with Gasteiger partial charge in [0.2, 0.25) is 0 Å². The van der Waals surface area contributed by atoms with Crippen LogP contribution in [0.4, 0.5) is 0 Å². The molecule has 0 aromatic heterocycles. The number of hydrogen-bond donors (Lipinski definition) is 2. The first kappa shape index (κ1) is 13.4. The third kappa shape index (κ3) is 5.94. The lowest BCUT2D eigenvalue weighted by atomic mass is 10.1. The van der Waals surface area contributed by atoms with Gasteiger partial charge >= 0.3 is 5.97 Å². The summed E-state index contributed by atoms with van der Waals surface area (Å²) in [6, 6.07) is -0.210. The van der Waals surface area contributed by atoms with Gasteiger partial charge in [0, 0.05) is 6.04 Å². The van der Waals surface area contributed by atoms with Crippen molar-refractivity contribution in [1.82, 2.24) is 5.32 Å². The number of carbonyl (C=O) groups is 1. The molecule has 0 aliphatic rings. The summed E-state index contributed by atoms with van der Waals surface area (Å²) >= 11 is 0. The summed E-state index contributed by atoms with van der Waals surface area (Å²) in [6.45, 7) is 7.60. The third-order valence-corrected chi connectivity index (χ3v) is 1.87. The number of nitrogens with one attached hydrogen (secondary N) is 1. The molecule has 4 nitrogen and oxygen atoms in total. The first-order valence-electron chi connectivity index (χ1n) is 5.08. The molecule has 0 fully saturated rings. The van der Waals surface area contributed by atoms with Gasteiger partial charge in [0.15, 0.2) is 0 Å². The molecule has 0 aromatic carbocycles. The molecule has 0 aliphatic carbocycles. The Kier molecular flexibility index (Phi) is 6.49. The molecule has 0 saturated carbocycles. The molecule has 2 N–H and O–H groups in total. The summed E-state index contributed by atoms with van der Waals surface area (Å²) in [5, 5.41) is 12.2. The van der Waals surface area contributed by atoms with Crippen molar-refractivity contribution >= 4 is 5.97 Å². The maximum Gasteiger partial charge on any atom is 0.322 e. The second kappa shape index (κ2) is 6.79. The van der Waals surface area contributed by atoms with Crippen LogP contribution in [0.5, 0.6) is 0 Å². The summed E-state index contributed by atoms with van der Waals surface area (Å²) in [7, 11) is 0. The van der Waals surface area contributed by atoms with Gasteiger partial charge < -0.3 is 15.2 Å². The van der Waals surface area contributed by atoms with E-state index in [1.807, 2.05) is 6.92 Å². The van der Waals surface area contributed by atoms with Gasteiger partial charge in [-0.15, -0.1) is 0 Å². The Morgan fingerprint density at radius 3 is 2.43 bits per heavy atom. The van der Waals surface area contributed by atoms with E-state index in [4.69, 9.17) is 9.84 Å². The fourth-order valence-corrected chi connectivity index (χ4v) is 1.34. The van der Waals surface area contributed by atoms with Crippen LogP contribution in [-0.2, 0) is 9.53 Å². The smallest absolute Gasteiger partial charge is 0.322 e. The van der Waals surface area contributed by atoms with Crippen LogP contribution in [0.2, 0.25) is 0 Å². The van der Waals surface area contributed by atoms with Crippen LogP contribution >= 0.6 is 0 Å². The van der Waals surface area contributed by atoms with Crippen molar-refractivity contribution < 1.29 is 14.6 Å². The minimum atomic E-state index is -0.355. The Bertz CT molecular complexity index is 171. The quantitative estimate of drug-likeness (QED) is 0.623. The van der Waals surface area contributed by atoms with Crippen molar-refractivity contribution in [3.8, 4) is 0 Å². The Hall–Kier alpha value is -0.610. The average molecular weight is 203 g/mol. The first-order chi connectivity index (χ1) is 6.47. The van der Waals surface area contributed by atoms with Gasteiger partial charge in [0.1, 0.15) is 6.04 Å². The molecule has 14 heavy (non-hydrogen) atoms. The molecule has 0 aromatic rings. The number of hydrogen-bond acceptors (Lipinski definition) is 4. The van der Waals surface area contributed by atoms with Crippen LogP contribution in [-0.4, -0.2) is 35.9 Å². The number of rotatable bonds is 6. The van der Waals surface area contributed by atoms with Crippen molar-refractivity contribution in [2.45, 2.75) is 52.3 Å². The van der Waals surface area contributed by atoms with Crippen molar-refractivity contribution in [1.29, 1.82) is 0 Å². The van der Waals surface area contributed by atoms with E-state index >= 15 is 0 Å². The summed E-state index contributed by atoms with van der Waals surface area (Å²) in [6.07, 6.45) is 0.274. The van der Waals surface area contributed by atoms with Gasteiger partial charge in [0.05, 0.1) is 12.7 Å². The van der Waals surface area contributed by atoms with E-state index < -0.39 is 0 Å². The molecule has 3 atom stereocenters. The van der Waals surface area contributed by atoms with Crippen LogP contribution in [0.1, 0.15) is 34.1 Å². The topological polar surface area (TPSA) is 58.6 Å². The second-order valence-corrected chi connectivity index (χ2v) is 3.63. The van der Waals surface area contributed by atoms with Gasteiger partial charge in [-0.1, -0.05) is 0 Å². The lowest BCUT2D eigenvalue weighted by Crippen LogP contribution is -2.42. The van der Waals surface area contributed by atoms with E-state index in [-0.39, 0.29) is 24.2 Å². The van der Waals surface area contributed by atoms with Gasteiger partial charge in [0.25, 0.3) is 0 Å². The van der Waals surface area contributed by atoms with Crippen molar-refractivity contribution in [2.75, 3.05) is 6.61 Å². The van der Waals surface area contributed by atoms with Crippen LogP contribution in [0.3, 0.4) is 0 Å². The Labute approximate surface area is 85.6 Å². The lowest BCUT2D eigenvalue weighted by molar-refractivity contribution is -0.145. The van der Waals surface area contributed by atoms with E-state index in [1.54, 1.807) is 20.8 Å². The van der Waals surface area contributed by atoms with Gasteiger partial charge in [-0.3, -0.25) is 4.79 Å². The van der Waals surface area contributed by atoms with E-state index in [1.165, 1.54) is 0 Å². The molecule has 0 spiro atoms. The van der Waals surface area contributed by atoms with Crippen molar-refractivity contribution in [3.63, 3.8) is 0 Å². The molecule has 84 valence electrons. The number of aliphatic hydroxyl groups excluding tert-OH is 1. The predicted molar refractivity (Wildman–Crippen MR) is 55.0 cm³/mol. The maximum absolute atomic E-state index is 11.2. The molecule has 0 amide bonds. The molecular weight excluding hydrogens is 182 g/mol. The first-order valence-corrected chi connectivity index (χ1v) is 5.08. The molecule has 0 bridgehead atoms. The van der Waals surface area contributed by atoms with Crippen molar-refractivity contribution in [2.24, 2.45) is 0 Å². The zero-order valence-electron chi connectivity index (χ0n) is 9.41. The Balaban J connectivity index is 3.80. The van der Waals surface area contributed by atoms with E-state index in [0.717, 1.165) is 0 Å². The van der Waals surface area contributed by atoms with Gasteiger partial charge in [-0.2, -0.15) is 0 Å². The zero-order chi connectivity index (χ0) is 11.1. The molecule has 4 heteroatoms. The van der Waals surface area contributed by atoms with Crippen LogP contribution < -0.4 is 5.32 Å². The Morgan fingerprint density at radius 1 is 1.43 bits per heavy atom. The zero-order valence-corrected chi connectivity index (χ0v) is 9.41. The highest BCUT2D eigenvalue weighted by atomic mass is 16.5. The predicted octanol–water partition coefficient (Wildman–Crippen LogP) is 0.687. The average Bonchev–Trinajstić information content (AvgIpc) is 2.02. The SMILES string of the molecule is CCOC(=O)C(C)NC(C)CC(C)O. The van der Waals surface area contributed by atoms with Crippen molar-refractivity contribution in [3.05, 3.63) is 0 Å². The van der Waals surface area contributed by atoms with E-state index in [9.17, 15) is 4.79 Å². The normalized spacial score (nSPS) is 17.2. The monoisotopic (exact) mass is 203 g/mol. The molecule has 0 rings (SSSR count). The number of ether oxygens (including phenoxy) is 1. The largest absolute Gasteiger partial charge is 0.465 e. The number of esters is 1. The maximum atomic E-state index is 11.2. The van der Waals surface area contributed by atoms with Crippen LogP contribution in [0.25, 0.3) is 0 Å². The minimum absolute atomic E-state index is 0.106. The third-order valence-electron chi connectivity index (χ3n) is 1.87. The highest BCUT2D eigenvalue weighted by Gasteiger charge is 2.16. The minimum Gasteiger partial charge on any atom is -0.465 e. The summed E-state index contributed by atoms with van der Waals surface area (Å²) in [5.41, 5.74) is 0. The lowest BCUT2D eigenvalue weighted by Gasteiger charge is -2.19. The standard InChI is InChI=1S/C10H21NO3/c1-5-14-10(13)9(4)11-7(2)6-8(3)12/h7-9,11-12H,5-6H2,1-4H3. The fraction of sp³-hybridized carbons (Fsp3) is 0.900. The van der Waals surface area contributed by atoms with Crippen LogP contribution in [0.15, 0.2) is 0 Å². The van der Waals surface area contributed by atoms with E-state index in [0.29, 0.717) is 13.0 Å². The Morgan fingerprint density at radius 2 is 2.00 bits per heavy atom. The number of aliphatic hydroxyl groups is 1.